The Morgan fingerprint density at radius 3 is 3.00 bits per heavy atom. The molecule has 0 fully saturated rings. The molecule has 0 radical (unpaired) electrons. The topological polar surface area (TPSA) is 89.8 Å². The second kappa shape index (κ2) is 4.53. The number of nitrogens with zero attached hydrogens (tertiary/aromatic N) is 4. The lowest BCUT2D eigenvalue weighted by atomic mass is 10.1. The van der Waals surface area contributed by atoms with Gasteiger partial charge in [-0.25, -0.2) is 0 Å². The smallest absolute Gasteiger partial charge is 0.340 e. The van der Waals surface area contributed by atoms with Crippen molar-refractivity contribution in [2.75, 3.05) is 5.73 Å². The molecule has 0 saturated heterocycles. The summed E-state index contributed by atoms with van der Waals surface area (Å²) in [6.07, 6.45) is 1.79. The molecule has 0 bridgehead atoms. The quantitative estimate of drug-likeness (QED) is 0.800. The first kappa shape index (κ1) is 11.0. The molecule has 0 amide bonds. The lowest BCUT2D eigenvalue weighted by Gasteiger charge is -2.05. The third kappa shape index (κ3) is 2.52. The number of nitrogens with two attached hydrogens (primary N) is 1. The van der Waals surface area contributed by atoms with Crippen LogP contribution < -0.4 is 10.5 Å². The molecule has 6 nitrogen and oxygen atoms in total. The van der Waals surface area contributed by atoms with Gasteiger partial charge in [0.05, 0.1) is 12.5 Å². The highest BCUT2D eigenvalue weighted by Crippen LogP contribution is 2.23. The van der Waals surface area contributed by atoms with Gasteiger partial charge in [-0.1, -0.05) is 0 Å². The van der Waals surface area contributed by atoms with Gasteiger partial charge in [-0.15, -0.1) is 5.10 Å². The fraction of sp³-hybridized carbons (Fsp3) is 0.182. The molecule has 17 heavy (non-hydrogen) atoms. The largest absolute Gasteiger partial charge is 0.423 e. The zero-order valence-electron chi connectivity index (χ0n) is 9.29. The zero-order valence-corrected chi connectivity index (χ0v) is 9.29. The van der Waals surface area contributed by atoms with E-state index in [1.165, 1.54) is 0 Å². The first-order valence-electron chi connectivity index (χ1n) is 4.98. The number of hydrogen-bond donors (Lipinski definition) is 1. The third-order valence-electron chi connectivity index (χ3n) is 2.17. The van der Waals surface area contributed by atoms with Crippen LogP contribution in [-0.4, -0.2) is 14.8 Å². The molecule has 0 aliphatic carbocycles. The molecule has 1 aromatic carbocycles. The SMILES string of the molecule is Cn1cnc(Oc2ccc(N)c(CC#N)c2)n1. The molecule has 2 N–H and O–H groups in total. The van der Waals surface area contributed by atoms with Crippen LogP contribution in [0.2, 0.25) is 0 Å². The molecule has 0 spiro atoms. The van der Waals surface area contributed by atoms with E-state index < -0.39 is 0 Å². The molecule has 0 unspecified atom stereocenters. The number of nitrogen functional groups attached to an aromatic ring is 1. The maximum Gasteiger partial charge on any atom is 0.340 e. The van der Waals surface area contributed by atoms with Crippen LogP contribution in [0.25, 0.3) is 0 Å². The molecule has 0 saturated carbocycles. The van der Waals surface area contributed by atoms with Crippen molar-refractivity contribution in [2.24, 2.45) is 7.05 Å². The van der Waals surface area contributed by atoms with Gasteiger partial charge in [-0.2, -0.15) is 10.2 Å². The molecule has 0 aliphatic rings. The summed E-state index contributed by atoms with van der Waals surface area (Å²) in [6.45, 7) is 0. The highest BCUT2D eigenvalue weighted by Gasteiger charge is 2.05. The molecular weight excluding hydrogens is 218 g/mol. The molecule has 1 heterocycles. The average Bonchev–Trinajstić information content (AvgIpc) is 2.69. The van der Waals surface area contributed by atoms with Gasteiger partial charge >= 0.3 is 6.01 Å². The lowest BCUT2D eigenvalue weighted by molar-refractivity contribution is 0.438. The minimum Gasteiger partial charge on any atom is -0.423 e. The third-order valence-corrected chi connectivity index (χ3v) is 2.17. The second-order valence-electron chi connectivity index (χ2n) is 3.50. The highest BCUT2D eigenvalue weighted by molar-refractivity contribution is 5.51. The summed E-state index contributed by atoms with van der Waals surface area (Å²) in [5.74, 6) is 0.565. The Morgan fingerprint density at radius 2 is 2.35 bits per heavy atom. The molecule has 0 aliphatic heterocycles. The van der Waals surface area contributed by atoms with Gasteiger partial charge in [0, 0.05) is 12.7 Å². The normalized spacial score (nSPS) is 9.88. The second-order valence-corrected chi connectivity index (χ2v) is 3.50. The standard InChI is InChI=1S/C11H11N5O/c1-16-7-14-11(15-16)17-9-2-3-10(13)8(6-9)4-5-12/h2-3,6-7H,4,13H2,1H3. The fourth-order valence-corrected chi connectivity index (χ4v) is 1.36. The van der Waals surface area contributed by atoms with Crippen LogP contribution in [0.15, 0.2) is 24.5 Å². The maximum atomic E-state index is 8.65. The first-order chi connectivity index (χ1) is 8.19. The highest BCUT2D eigenvalue weighted by atomic mass is 16.5. The van der Waals surface area contributed by atoms with Gasteiger partial charge in [0.15, 0.2) is 0 Å². The molecule has 0 atom stereocenters. The van der Waals surface area contributed by atoms with Crippen molar-refractivity contribution in [3.63, 3.8) is 0 Å². The summed E-state index contributed by atoms with van der Waals surface area (Å²) in [4.78, 5) is 3.94. The van der Waals surface area contributed by atoms with E-state index in [1.807, 2.05) is 6.07 Å². The average molecular weight is 229 g/mol. The van der Waals surface area contributed by atoms with Crippen LogP contribution in [0.4, 0.5) is 5.69 Å². The van der Waals surface area contributed by atoms with Crippen LogP contribution >= 0.6 is 0 Å². The summed E-state index contributed by atoms with van der Waals surface area (Å²) in [7, 11) is 1.75. The van der Waals surface area contributed by atoms with E-state index in [0.29, 0.717) is 11.4 Å². The van der Waals surface area contributed by atoms with Crippen LogP contribution in [0.3, 0.4) is 0 Å². The summed E-state index contributed by atoms with van der Waals surface area (Å²) in [5.41, 5.74) is 7.04. The van der Waals surface area contributed by atoms with Gasteiger partial charge in [-0.3, -0.25) is 4.68 Å². The van der Waals surface area contributed by atoms with Gasteiger partial charge in [-0.05, 0) is 23.8 Å². The summed E-state index contributed by atoms with van der Waals surface area (Å²) in [6, 6.07) is 7.44. The van der Waals surface area contributed by atoms with E-state index in [9.17, 15) is 0 Å². The fourth-order valence-electron chi connectivity index (χ4n) is 1.36. The number of aromatic nitrogens is 3. The molecule has 2 aromatic rings. The van der Waals surface area contributed by atoms with E-state index in [1.54, 1.807) is 36.3 Å². The summed E-state index contributed by atoms with van der Waals surface area (Å²) >= 11 is 0. The van der Waals surface area contributed by atoms with Crippen molar-refractivity contribution >= 4 is 5.69 Å². The van der Waals surface area contributed by atoms with Crippen molar-refractivity contribution in [3.8, 4) is 17.8 Å². The first-order valence-corrected chi connectivity index (χ1v) is 4.98. The Kier molecular flexibility index (Phi) is 2.92. The number of rotatable bonds is 3. The number of hydrogen-bond acceptors (Lipinski definition) is 5. The van der Waals surface area contributed by atoms with E-state index >= 15 is 0 Å². The van der Waals surface area contributed by atoms with Crippen molar-refractivity contribution in [1.29, 1.82) is 5.26 Å². The number of anilines is 1. The monoisotopic (exact) mass is 229 g/mol. The van der Waals surface area contributed by atoms with Gasteiger partial charge in [0.25, 0.3) is 0 Å². The Hall–Kier alpha value is -2.55. The van der Waals surface area contributed by atoms with E-state index in [-0.39, 0.29) is 12.4 Å². The molecular formula is C11H11N5O. The van der Waals surface area contributed by atoms with E-state index in [2.05, 4.69) is 10.1 Å². The van der Waals surface area contributed by atoms with E-state index in [0.717, 1.165) is 5.56 Å². The lowest BCUT2D eigenvalue weighted by Crippen LogP contribution is -1.95. The Balaban J connectivity index is 2.22. The van der Waals surface area contributed by atoms with Crippen LogP contribution in [0.5, 0.6) is 11.8 Å². The van der Waals surface area contributed by atoms with Crippen molar-refractivity contribution < 1.29 is 4.74 Å². The molecule has 86 valence electrons. The Labute approximate surface area is 98.3 Å². The number of benzene rings is 1. The molecule has 2 rings (SSSR count). The molecule has 1 aromatic heterocycles. The predicted molar refractivity (Wildman–Crippen MR) is 61.2 cm³/mol. The van der Waals surface area contributed by atoms with Crippen LogP contribution in [0, 0.1) is 11.3 Å². The zero-order chi connectivity index (χ0) is 12.3. The van der Waals surface area contributed by atoms with Gasteiger partial charge in [0.1, 0.15) is 12.1 Å². The van der Waals surface area contributed by atoms with Crippen molar-refractivity contribution in [3.05, 3.63) is 30.1 Å². The number of nitriles is 1. The minimum atomic E-state index is 0.249. The number of aryl methyl sites for hydroxylation is 1. The van der Waals surface area contributed by atoms with E-state index in [4.69, 9.17) is 15.7 Å². The predicted octanol–water partition coefficient (Wildman–Crippen LogP) is 1.26. The minimum absolute atomic E-state index is 0.249. The van der Waals surface area contributed by atoms with Gasteiger partial charge < -0.3 is 10.5 Å². The maximum absolute atomic E-state index is 8.65. The summed E-state index contributed by atoms with van der Waals surface area (Å²) < 4.78 is 6.98. The molecule has 6 heteroatoms. The van der Waals surface area contributed by atoms with Crippen molar-refractivity contribution in [2.45, 2.75) is 6.42 Å². The van der Waals surface area contributed by atoms with Crippen LogP contribution in [-0.2, 0) is 13.5 Å². The van der Waals surface area contributed by atoms with Crippen LogP contribution in [0.1, 0.15) is 5.56 Å². The number of ether oxygens (including phenoxy) is 1. The summed E-state index contributed by atoms with van der Waals surface area (Å²) in [5, 5.41) is 12.6. The van der Waals surface area contributed by atoms with Gasteiger partial charge in [0.2, 0.25) is 0 Å². The Morgan fingerprint density at radius 1 is 1.53 bits per heavy atom. The van der Waals surface area contributed by atoms with Crippen molar-refractivity contribution in [1.82, 2.24) is 14.8 Å². The Bertz CT molecular complexity index is 569.